The first-order chi connectivity index (χ1) is 19.0. The number of aliphatic carboxylic acids is 1. The maximum absolute atomic E-state index is 10.7. The van der Waals surface area contributed by atoms with Crippen molar-refractivity contribution in [2.45, 2.75) is 115 Å². The third kappa shape index (κ3) is 10.8. The van der Waals surface area contributed by atoms with Gasteiger partial charge < -0.3 is 21.1 Å². The maximum Gasteiger partial charge on any atom is 0.325 e. The second-order valence-corrected chi connectivity index (χ2v) is 11.8. The Morgan fingerprint density at radius 2 is 0.756 bits per heavy atom. The van der Waals surface area contributed by atoms with Crippen molar-refractivity contribution in [1.29, 1.82) is 0 Å². The van der Waals surface area contributed by atoms with Crippen LogP contribution in [0.3, 0.4) is 0 Å². The molecule has 1 atom stereocenters. The Labute approximate surface area is 250 Å². The maximum atomic E-state index is 10.7. The Hall–Kier alpha value is -3.47. The summed E-state index contributed by atoms with van der Waals surface area (Å²) in [5, 5.41) is 18.7. The van der Waals surface area contributed by atoms with Crippen LogP contribution in [0.25, 0.3) is 0 Å². The highest BCUT2D eigenvalue weighted by Crippen LogP contribution is 2.24. The van der Waals surface area contributed by atoms with Crippen LogP contribution >= 0.6 is 0 Å². The van der Waals surface area contributed by atoms with Gasteiger partial charge in [-0.1, -0.05) is 18.2 Å². The molecule has 5 nitrogen and oxygen atoms in total. The molecule has 0 saturated carbocycles. The molecule has 41 heavy (non-hydrogen) atoms. The smallest absolute Gasteiger partial charge is 0.325 e. The fourth-order valence-electron chi connectivity index (χ4n) is 4.25. The van der Waals surface area contributed by atoms with E-state index in [0.717, 1.165) is 11.3 Å². The molecule has 0 unspecified atom stereocenters. The number of anilines is 3. The topological polar surface area (TPSA) is 73.4 Å². The highest BCUT2D eigenvalue weighted by molar-refractivity contribution is 5.77. The molecule has 226 valence electrons. The van der Waals surface area contributed by atoms with E-state index >= 15 is 0 Å². The zero-order valence-corrected chi connectivity index (χ0v) is 28.1. The Morgan fingerprint density at radius 3 is 1.00 bits per heavy atom. The Balaban J connectivity index is 0.000000309. The number of carbonyl (C=O) groups is 1. The number of carboxylic acids is 1. The van der Waals surface area contributed by atoms with Crippen LogP contribution in [0.2, 0.25) is 0 Å². The van der Waals surface area contributed by atoms with Gasteiger partial charge >= 0.3 is 5.97 Å². The summed E-state index contributed by atoms with van der Waals surface area (Å²) >= 11 is 0. The van der Waals surface area contributed by atoms with Crippen molar-refractivity contribution in [3.63, 3.8) is 0 Å². The predicted molar refractivity (Wildman–Crippen MR) is 180 cm³/mol. The number of aryl methyl sites for hydroxylation is 3. The van der Waals surface area contributed by atoms with Crippen LogP contribution < -0.4 is 16.0 Å². The van der Waals surface area contributed by atoms with E-state index in [1.54, 1.807) is 6.92 Å². The van der Waals surface area contributed by atoms with Crippen LogP contribution in [0.4, 0.5) is 17.1 Å². The van der Waals surface area contributed by atoms with Crippen LogP contribution in [0.1, 0.15) is 84.7 Å². The Kier molecular flexibility index (Phi) is 14.0. The number of hydrogen-bond donors (Lipinski definition) is 4. The summed E-state index contributed by atoms with van der Waals surface area (Å²) in [4.78, 5) is 10.7. The minimum atomic E-state index is -0.840. The van der Waals surface area contributed by atoms with Crippen LogP contribution in [0.5, 0.6) is 0 Å². The summed E-state index contributed by atoms with van der Waals surface area (Å²) in [7, 11) is 0. The molecule has 0 aliphatic rings. The van der Waals surface area contributed by atoms with Crippen molar-refractivity contribution < 1.29 is 9.90 Å². The van der Waals surface area contributed by atoms with E-state index in [4.69, 9.17) is 5.11 Å². The second kappa shape index (κ2) is 16.1. The average Bonchev–Trinajstić information content (AvgIpc) is 2.90. The first-order valence-electron chi connectivity index (χ1n) is 14.7. The van der Waals surface area contributed by atoms with Gasteiger partial charge in [-0.05, 0) is 165 Å². The molecule has 0 fully saturated rings. The van der Waals surface area contributed by atoms with Gasteiger partial charge in [0.2, 0.25) is 0 Å². The van der Waals surface area contributed by atoms with E-state index in [0.29, 0.717) is 12.1 Å². The van der Waals surface area contributed by atoms with Gasteiger partial charge in [0.25, 0.3) is 0 Å². The van der Waals surface area contributed by atoms with Gasteiger partial charge in [-0.15, -0.1) is 0 Å². The molecule has 0 aliphatic carbocycles. The molecule has 0 bridgehead atoms. The molecule has 0 amide bonds. The number of carboxylic acid groups (broad SMARTS) is 1. The molecule has 3 aromatic rings. The summed E-state index contributed by atoms with van der Waals surface area (Å²) in [6.45, 7) is 29.4. The van der Waals surface area contributed by atoms with E-state index in [2.05, 4.69) is 109 Å². The van der Waals surface area contributed by atoms with Crippen molar-refractivity contribution in [2.75, 3.05) is 16.0 Å². The highest BCUT2D eigenvalue weighted by atomic mass is 16.4. The summed E-state index contributed by atoms with van der Waals surface area (Å²) in [5.74, 6) is -0.840. The normalized spacial score (nSPS) is 11.2. The molecule has 3 rings (SSSR count). The van der Waals surface area contributed by atoms with E-state index in [1.807, 2.05) is 32.9 Å². The monoisotopic (exact) mass is 561 g/mol. The Bertz CT molecular complexity index is 1250. The fraction of sp³-hybridized carbons (Fsp3) is 0.472. The highest BCUT2D eigenvalue weighted by Gasteiger charge is 2.12. The summed E-state index contributed by atoms with van der Waals surface area (Å²) in [5.41, 5.74) is 15.2. The summed E-state index contributed by atoms with van der Waals surface area (Å²) in [6, 6.07) is 13.0. The second-order valence-electron chi connectivity index (χ2n) is 11.8. The van der Waals surface area contributed by atoms with Crippen LogP contribution in [0, 0.1) is 62.3 Å². The first kappa shape index (κ1) is 35.6. The van der Waals surface area contributed by atoms with Gasteiger partial charge in [0.05, 0.1) is 0 Å². The van der Waals surface area contributed by atoms with E-state index in [9.17, 15) is 4.79 Å². The molecule has 5 heteroatoms. The third-order valence-corrected chi connectivity index (χ3v) is 7.80. The molecule has 4 N–H and O–H groups in total. The minimum Gasteiger partial charge on any atom is -0.480 e. The lowest BCUT2D eigenvalue weighted by molar-refractivity contribution is -0.137. The quantitative estimate of drug-likeness (QED) is 0.231. The molecular weight excluding hydrogens is 506 g/mol. The zero-order valence-electron chi connectivity index (χ0n) is 28.1. The number of benzene rings is 3. The van der Waals surface area contributed by atoms with E-state index in [1.165, 1.54) is 55.9 Å². The lowest BCUT2D eigenvalue weighted by Crippen LogP contribution is -2.25. The lowest BCUT2D eigenvalue weighted by atomic mass is 10.0. The fourth-order valence-corrected chi connectivity index (χ4v) is 4.25. The molecule has 0 spiro atoms. The van der Waals surface area contributed by atoms with Crippen molar-refractivity contribution in [3.05, 3.63) is 86.5 Å². The van der Waals surface area contributed by atoms with Crippen molar-refractivity contribution in [1.82, 2.24) is 0 Å². The molecule has 0 aliphatic heterocycles. The first-order valence-corrected chi connectivity index (χ1v) is 14.7. The van der Waals surface area contributed by atoms with Gasteiger partial charge in [-0.3, -0.25) is 4.79 Å². The molecule has 0 saturated heterocycles. The summed E-state index contributed by atoms with van der Waals surface area (Å²) in [6.07, 6.45) is 0. The average molecular weight is 562 g/mol. The van der Waals surface area contributed by atoms with Crippen molar-refractivity contribution >= 4 is 23.0 Å². The van der Waals surface area contributed by atoms with Gasteiger partial charge in [-0.25, -0.2) is 0 Å². The minimum absolute atomic E-state index is 0.501. The van der Waals surface area contributed by atoms with Crippen LogP contribution in [-0.4, -0.2) is 29.2 Å². The molecule has 0 aromatic heterocycles. The SMILES string of the molecule is Cc1ccc(NC(C)C)c(C)c1C.Cc1ccc(NC(C)C)c(C)c1C.Cc1ccc(N[C@H](C)C(=O)O)c(C)c1C. The van der Waals surface area contributed by atoms with Gasteiger partial charge in [0.1, 0.15) is 6.04 Å². The predicted octanol–water partition coefficient (Wildman–Crippen LogP) is 9.36. The standard InChI is InChI=1S/C12H17NO2.2C12H19N/c1-7-5-6-11(9(3)8(7)2)13-10(4)12(14)15;2*1-8(2)13-12-7-6-9(3)10(4)11(12)5/h5-6,10,13H,1-4H3,(H,14,15);2*6-8,13H,1-5H3/t10-;;/m1../s1. The molecule has 3 aromatic carbocycles. The zero-order chi connectivity index (χ0) is 31.6. The number of hydrogen-bond acceptors (Lipinski definition) is 4. The van der Waals surface area contributed by atoms with Gasteiger partial charge in [0, 0.05) is 29.1 Å². The Morgan fingerprint density at radius 1 is 0.488 bits per heavy atom. The van der Waals surface area contributed by atoms with Crippen LogP contribution in [-0.2, 0) is 4.79 Å². The van der Waals surface area contributed by atoms with Gasteiger partial charge in [0.15, 0.2) is 0 Å². The lowest BCUT2D eigenvalue weighted by Gasteiger charge is -2.15. The van der Waals surface area contributed by atoms with E-state index < -0.39 is 12.0 Å². The largest absolute Gasteiger partial charge is 0.480 e. The number of nitrogens with one attached hydrogen (secondary N) is 3. The van der Waals surface area contributed by atoms with Crippen LogP contribution in [0.15, 0.2) is 36.4 Å². The third-order valence-electron chi connectivity index (χ3n) is 7.80. The molecular formula is C36H55N3O2. The molecule has 0 heterocycles. The van der Waals surface area contributed by atoms with Crippen molar-refractivity contribution in [2.24, 2.45) is 0 Å². The molecule has 0 radical (unpaired) electrons. The summed E-state index contributed by atoms with van der Waals surface area (Å²) < 4.78 is 0. The van der Waals surface area contributed by atoms with Gasteiger partial charge in [-0.2, -0.15) is 0 Å². The number of rotatable bonds is 7. The van der Waals surface area contributed by atoms with E-state index in [-0.39, 0.29) is 0 Å². The van der Waals surface area contributed by atoms with Crippen molar-refractivity contribution in [3.8, 4) is 0 Å².